The summed E-state index contributed by atoms with van der Waals surface area (Å²) in [5.41, 5.74) is -0.0371. The van der Waals surface area contributed by atoms with E-state index in [2.05, 4.69) is 4.98 Å². The van der Waals surface area contributed by atoms with Crippen LogP contribution in [-0.2, 0) is 0 Å². The van der Waals surface area contributed by atoms with Crippen molar-refractivity contribution in [3.63, 3.8) is 0 Å². The van der Waals surface area contributed by atoms with E-state index < -0.39 is 0 Å². The molecule has 0 amide bonds. The Morgan fingerprint density at radius 1 is 1.08 bits per heavy atom. The second-order valence-corrected chi connectivity index (χ2v) is 2.66. The van der Waals surface area contributed by atoms with Gasteiger partial charge in [-0.1, -0.05) is 12.1 Å². The van der Waals surface area contributed by atoms with Crippen LogP contribution >= 0.6 is 0 Å². The standard InChI is InChI=1S/C10H8N2O/c13-10-6-2-4-8-12(10)9-5-1-3-7-11-9/h1-8H/p+1. The third-order valence-electron chi connectivity index (χ3n) is 1.77. The van der Waals surface area contributed by atoms with Crippen LogP contribution in [0, 0.1) is 0 Å². The monoisotopic (exact) mass is 173 g/mol. The van der Waals surface area contributed by atoms with Crippen LogP contribution in [0.25, 0.3) is 5.82 Å². The van der Waals surface area contributed by atoms with E-state index in [4.69, 9.17) is 0 Å². The van der Waals surface area contributed by atoms with Crippen molar-refractivity contribution < 1.29 is 4.98 Å². The molecular weight excluding hydrogens is 164 g/mol. The van der Waals surface area contributed by atoms with Crippen LogP contribution in [0.3, 0.4) is 0 Å². The molecule has 0 aliphatic rings. The van der Waals surface area contributed by atoms with Crippen molar-refractivity contribution in [2.75, 3.05) is 0 Å². The molecule has 2 rings (SSSR count). The SMILES string of the molecule is O=c1ccccn1-c1cccc[nH+]1. The van der Waals surface area contributed by atoms with Crippen molar-refractivity contribution in [2.24, 2.45) is 0 Å². The van der Waals surface area contributed by atoms with Gasteiger partial charge in [0.05, 0.1) is 12.4 Å². The van der Waals surface area contributed by atoms with Gasteiger partial charge in [0.1, 0.15) is 0 Å². The van der Waals surface area contributed by atoms with Gasteiger partial charge < -0.3 is 0 Å². The molecule has 0 aliphatic heterocycles. The number of hydrogen-bond donors (Lipinski definition) is 0. The van der Waals surface area contributed by atoms with Crippen molar-refractivity contribution in [2.45, 2.75) is 0 Å². The van der Waals surface area contributed by atoms with Gasteiger partial charge in [0.2, 0.25) is 0 Å². The molecule has 0 spiro atoms. The molecular formula is C10H9N2O+. The van der Waals surface area contributed by atoms with E-state index in [9.17, 15) is 4.79 Å². The van der Waals surface area contributed by atoms with Crippen LogP contribution in [0.4, 0.5) is 0 Å². The van der Waals surface area contributed by atoms with Crippen LogP contribution in [0.1, 0.15) is 0 Å². The zero-order valence-corrected chi connectivity index (χ0v) is 6.97. The summed E-state index contributed by atoms with van der Waals surface area (Å²) in [6, 6.07) is 10.7. The predicted molar refractivity (Wildman–Crippen MR) is 48.6 cm³/mol. The van der Waals surface area contributed by atoms with E-state index in [0.717, 1.165) is 5.82 Å². The molecule has 3 nitrogen and oxygen atoms in total. The van der Waals surface area contributed by atoms with Crippen LogP contribution in [-0.4, -0.2) is 4.57 Å². The molecule has 0 fully saturated rings. The number of pyridine rings is 2. The molecule has 2 aromatic heterocycles. The topological polar surface area (TPSA) is 36.1 Å². The maximum atomic E-state index is 11.4. The van der Waals surface area contributed by atoms with E-state index in [1.807, 2.05) is 24.3 Å². The third-order valence-corrected chi connectivity index (χ3v) is 1.77. The first kappa shape index (κ1) is 7.73. The molecule has 0 bridgehead atoms. The van der Waals surface area contributed by atoms with Gasteiger partial charge in [-0.2, -0.15) is 4.57 Å². The Balaban J connectivity index is 2.60. The maximum absolute atomic E-state index is 11.4. The Bertz CT molecular complexity index is 448. The summed E-state index contributed by atoms with van der Waals surface area (Å²) in [6.07, 6.45) is 3.52. The molecule has 0 aliphatic carbocycles. The summed E-state index contributed by atoms with van der Waals surface area (Å²) >= 11 is 0. The zero-order chi connectivity index (χ0) is 9.10. The number of aromatic nitrogens is 2. The molecule has 0 unspecified atom stereocenters. The summed E-state index contributed by atoms with van der Waals surface area (Å²) in [6.45, 7) is 0. The van der Waals surface area contributed by atoms with Crippen molar-refractivity contribution in [3.05, 3.63) is 59.1 Å². The maximum Gasteiger partial charge on any atom is 0.338 e. The van der Waals surface area contributed by atoms with Gasteiger partial charge in [-0.25, -0.2) is 9.78 Å². The Kier molecular flexibility index (Phi) is 1.92. The quantitative estimate of drug-likeness (QED) is 0.623. The number of nitrogens with one attached hydrogen (secondary N) is 1. The van der Waals surface area contributed by atoms with Gasteiger partial charge in [0, 0.05) is 12.1 Å². The minimum Gasteiger partial charge on any atom is -0.247 e. The van der Waals surface area contributed by atoms with E-state index >= 15 is 0 Å². The molecule has 0 aromatic carbocycles. The van der Waals surface area contributed by atoms with Crippen molar-refractivity contribution in [1.82, 2.24) is 4.57 Å². The van der Waals surface area contributed by atoms with E-state index in [-0.39, 0.29) is 5.56 Å². The lowest BCUT2D eigenvalue weighted by atomic mass is 10.4. The number of aromatic amines is 1. The van der Waals surface area contributed by atoms with Crippen LogP contribution < -0.4 is 10.5 Å². The predicted octanol–water partition coefficient (Wildman–Crippen LogP) is 0.652. The second-order valence-electron chi connectivity index (χ2n) is 2.66. The highest BCUT2D eigenvalue weighted by Gasteiger charge is 2.04. The minimum atomic E-state index is -0.0371. The number of nitrogens with zero attached hydrogens (tertiary/aromatic N) is 1. The highest BCUT2D eigenvalue weighted by Crippen LogP contribution is 1.93. The largest absolute Gasteiger partial charge is 0.338 e. The molecule has 1 N–H and O–H groups in total. The van der Waals surface area contributed by atoms with Crippen LogP contribution in [0.15, 0.2) is 53.6 Å². The molecule has 0 atom stereocenters. The molecule has 2 aromatic rings. The Morgan fingerprint density at radius 2 is 1.92 bits per heavy atom. The minimum absolute atomic E-state index is 0.0371. The van der Waals surface area contributed by atoms with Gasteiger partial charge in [-0.05, 0) is 12.1 Å². The average Bonchev–Trinajstić information content (AvgIpc) is 2.20. The zero-order valence-electron chi connectivity index (χ0n) is 6.97. The van der Waals surface area contributed by atoms with Crippen molar-refractivity contribution >= 4 is 0 Å². The van der Waals surface area contributed by atoms with Crippen LogP contribution in [0.2, 0.25) is 0 Å². The molecule has 0 radical (unpaired) electrons. The number of rotatable bonds is 1. The lowest BCUT2D eigenvalue weighted by Gasteiger charge is -1.93. The molecule has 0 saturated carbocycles. The Hall–Kier alpha value is -1.90. The summed E-state index contributed by atoms with van der Waals surface area (Å²) < 4.78 is 1.56. The number of hydrogen-bond acceptors (Lipinski definition) is 1. The first-order chi connectivity index (χ1) is 6.38. The summed E-state index contributed by atoms with van der Waals surface area (Å²) in [4.78, 5) is 14.4. The van der Waals surface area contributed by atoms with Gasteiger partial charge in [0.25, 0.3) is 5.82 Å². The van der Waals surface area contributed by atoms with Crippen molar-refractivity contribution in [1.29, 1.82) is 0 Å². The summed E-state index contributed by atoms with van der Waals surface area (Å²) in [5.74, 6) is 0.771. The highest BCUT2D eigenvalue weighted by molar-refractivity contribution is 5.16. The fraction of sp³-hybridized carbons (Fsp3) is 0. The molecule has 13 heavy (non-hydrogen) atoms. The summed E-state index contributed by atoms with van der Waals surface area (Å²) in [5, 5.41) is 0. The van der Waals surface area contributed by atoms with Gasteiger partial charge in [-0.15, -0.1) is 0 Å². The van der Waals surface area contributed by atoms with Crippen LogP contribution in [0.5, 0.6) is 0 Å². The molecule has 2 heterocycles. The smallest absolute Gasteiger partial charge is 0.247 e. The lowest BCUT2D eigenvalue weighted by Crippen LogP contribution is -2.22. The molecule has 64 valence electrons. The molecule has 0 saturated heterocycles. The first-order valence-corrected chi connectivity index (χ1v) is 4.03. The normalized spacial score (nSPS) is 9.85. The fourth-order valence-corrected chi connectivity index (χ4v) is 1.16. The Labute approximate surface area is 75.3 Å². The van der Waals surface area contributed by atoms with Crippen molar-refractivity contribution in [3.8, 4) is 5.82 Å². The van der Waals surface area contributed by atoms with Gasteiger partial charge in [-0.3, -0.25) is 0 Å². The Morgan fingerprint density at radius 3 is 2.62 bits per heavy atom. The average molecular weight is 173 g/mol. The summed E-state index contributed by atoms with van der Waals surface area (Å²) in [7, 11) is 0. The van der Waals surface area contributed by atoms with Gasteiger partial charge >= 0.3 is 5.56 Å². The fourth-order valence-electron chi connectivity index (χ4n) is 1.16. The second kappa shape index (κ2) is 3.23. The van der Waals surface area contributed by atoms with Gasteiger partial charge in [0.15, 0.2) is 0 Å². The third kappa shape index (κ3) is 1.49. The van der Waals surface area contributed by atoms with E-state index in [1.165, 1.54) is 6.07 Å². The van der Waals surface area contributed by atoms with E-state index in [1.54, 1.807) is 23.0 Å². The van der Waals surface area contributed by atoms with E-state index in [0.29, 0.717) is 0 Å². The first-order valence-electron chi connectivity index (χ1n) is 4.03. The highest BCUT2D eigenvalue weighted by atomic mass is 16.1. The number of H-pyrrole nitrogens is 1. The lowest BCUT2D eigenvalue weighted by molar-refractivity contribution is -0.373. The molecule has 3 heteroatoms.